The van der Waals surface area contributed by atoms with Crippen LogP contribution < -0.4 is 10.6 Å². The van der Waals surface area contributed by atoms with Gasteiger partial charge in [0.1, 0.15) is 6.04 Å². The lowest BCUT2D eigenvalue weighted by Gasteiger charge is -2.64. The van der Waals surface area contributed by atoms with Crippen molar-refractivity contribution in [1.29, 1.82) is 0 Å². The number of carbonyl (C=O) groups is 2. The minimum absolute atomic E-state index is 0.0499. The lowest BCUT2D eigenvalue weighted by atomic mass is 9.43. The van der Waals surface area contributed by atoms with E-state index in [0.717, 1.165) is 6.42 Å². The molecule has 0 spiro atoms. The van der Waals surface area contributed by atoms with Crippen molar-refractivity contribution in [2.75, 3.05) is 0 Å². The average Bonchev–Trinajstić information content (AvgIpc) is 2.94. The molecule has 1 heterocycles. The highest BCUT2D eigenvalue weighted by molar-refractivity contribution is 6.47. The molecule has 0 aromatic heterocycles. The summed E-state index contributed by atoms with van der Waals surface area (Å²) in [6.45, 7) is 14.6. The van der Waals surface area contributed by atoms with Gasteiger partial charge >= 0.3 is 13.2 Å². The van der Waals surface area contributed by atoms with E-state index in [-0.39, 0.29) is 34.9 Å². The highest BCUT2D eigenvalue weighted by atomic mass is 16.7. The lowest BCUT2D eigenvalue weighted by molar-refractivity contribution is -0.199. The third kappa shape index (κ3) is 4.02. The van der Waals surface area contributed by atoms with Gasteiger partial charge in [-0.1, -0.05) is 41.5 Å². The molecule has 6 atom stereocenters. The summed E-state index contributed by atoms with van der Waals surface area (Å²) in [7, 11) is -0.510. The zero-order valence-electron chi connectivity index (χ0n) is 18.8. The van der Waals surface area contributed by atoms with E-state index in [1.54, 1.807) is 0 Å². The zero-order valence-corrected chi connectivity index (χ0v) is 18.8. The number of rotatable bonds is 7. The molecule has 2 bridgehead atoms. The lowest BCUT2D eigenvalue weighted by Crippen LogP contribution is -2.65. The smallest absolute Gasteiger partial charge is 0.465 e. The third-order valence-electron chi connectivity index (χ3n) is 7.58. The van der Waals surface area contributed by atoms with Crippen LogP contribution in [0.25, 0.3) is 0 Å². The molecule has 3 saturated carbocycles. The predicted octanol–water partition coefficient (Wildman–Crippen LogP) is 3.08. The summed E-state index contributed by atoms with van der Waals surface area (Å²) in [5.41, 5.74) is -0.0753. The van der Waals surface area contributed by atoms with Crippen molar-refractivity contribution in [1.82, 2.24) is 10.6 Å². The second-order valence-corrected chi connectivity index (χ2v) is 10.8. The maximum Gasteiger partial charge on any atom is 0.481 e. The van der Waals surface area contributed by atoms with Gasteiger partial charge in [-0.15, -0.1) is 0 Å². The molecular formula is C21H37BN2O5. The summed E-state index contributed by atoms with van der Waals surface area (Å²) in [6.07, 6.45) is 1.72. The largest absolute Gasteiger partial charge is 0.481 e. The topological polar surface area (TPSA) is 96.9 Å². The molecule has 1 saturated heterocycles. The van der Waals surface area contributed by atoms with E-state index < -0.39 is 19.3 Å². The Morgan fingerprint density at radius 2 is 1.79 bits per heavy atom. The van der Waals surface area contributed by atoms with Crippen molar-refractivity contribution in [3.63, 3.8) is 0 Å². The van der Waals surface area contributed by atoms with Gasteiger partial charge in [0.05, 0.1) is 17.6 Å². The average molecular weight is 408 g/mol. The van der Waals surface area contributed by atoms with Crippen molar-refractivity contribution in [3.05, 3.63) is 0 Å². The molecule has 4 aliphatic rings. The molecule has 0 radical (unpaired) electrons. The number of amides is 2. The van der Waals surface area contributed by atoms with Crippen LogP contribution in [0.2, 0.25) is 0 Å². The van der Waals surface area contributed by atoms with Crippen LogP contribution >= 0.6 is 0 Å². The molecule has 3 aliphatic carbocycles. The van der Waals surface area contributed by atoms with Gasteiger partial charge < -0.3 is 25.0 Å². The summed E-state index contributed by atoms with van der Waals surface area (Å²) in [5, 5.41) is 14.5. The molecule has 3 N–H and O–H groups in total. The molecule has 164 valence electrons. The fourth-order valence-corrected chi connectivity index (χ4v) is 5.76. The Morgan fingerprint density at radius 3 is 2.31 bits per heavy atom. The van der Waals surface area contributed by atoms with E-state index in [4.69, 9.17) is 14.4 Å². The SMILES string of the molecule is CC(C)C[C@H](NC(=O)[C@@H](NC(=O)O)C(C)C)B1O[C@@H]2C[C@@H]3C[C@@H](C3(C)C)[C@]2(C)O1. The maximum atomic E-state index is 12.9. The molecule has 4 rings (SSSR count). The molecular weight excluding hydrogens is 371 g/mol. The number of nitrogens with one attached hydrogen (secondary N) is 2. The van der Waals surface area contributed by atoms with Gasteiger partial charge in [0, 0.05) is 0 Å². The standard InChI is InChI=1S/C21H37BN2O5/c1-11(2)8-16(23-18(25)17(12(3)4)24-19(26)27)22-28-15-10-13-9-14(20(13,5)6)21(15,7)29-22/h11-17,24H,8-10H2,1-7H3,(H,23,25)(H,26,27)/t13-,14-,15+,16-,17-,21-/m0/s1. The van der Waals surface area contributed by atoms with Crippen LogP contribution in [0.4, 0.5) is 4.79 Å². The normalized spacial score (nSPS) is 34.4. The molecule has 8 heteroatoms. The fourth-order valence-electron chi connectivity index (χ4n) is 5.76. The molecule has 0 aromatic carbocycles. The Balaban J connectivity index is 1.74. The Bertz CT molecular complexity index is 655. The Hall–Kier alpha value is -1.28. The fraction of sp³-hybridized carbons (Fsp3) is 0.905. The van der Waals surface area contributed by atoms with E-state index in [1.165, 1.54) is 6.42 Å². The van der Waals surface area contributed by atoms with Crippen molar-refractivity contribution in [3.8, 4) is 0 Å². The third-order valence-corrected chi connectivity index (χ3v) is 7.58. The summed E-state index contributed by atoms with van der Waals surface area (Å²) in [5.74, 6) is 0.640. The van der Waals surface area contributed by atoms with Gasteiger partial charge in [0.2, 0.25) is 5.91 Å². The van der Waals surface area contributed by atoms with Crippen molar-refractivity contribution >= 4 is 19.1 Å². The van der Waals surface area contributed by atoms with Gasteiger partial charge in [0.15, 0.2) is 0 Å². The molecule has 0 aromatic rings. The van der Waals surface area contributed by atoms with Crippen LogP contribution in [-0.2, 0) is 14.1 Å². The monoisotopic (exact) mass is 408 g/mol. The van der Waals surface area contributed by atoms with Crippen LogP contribution in [0.15, 0.2) is 0 Å². The number of hydrogen-bond acceptors (Lipinski definition) is 4. The Labute approximate surface area is 174 Å². The molecule has 4 fully saturated rings. The van der Waals surface area contributed by atoms with Gasteiger partial charge in [0.25, 0.3) is 0 Å². The first-order valence-electron chi connectivity index (χ1n) is 11.0. The Morgan fingerprint density at radius 1 is 1.14 bits per heavy atom. The van der Waals surface area contributed by atoms with E-state index in [9.17, 15) is 9.59 Å². The second-order valence-electron chi connectivity index (χ2n) is 10.8. The van der Waals surface area contributed by atoms with E-state index in [2.05, 4.69) is 45.3 Å². The number of hydrogen-bond donors (Lipinski definition) is 3. The van der Waals surface area contributed by atoms with Gasteiger partial charge in [-0.05, 0) is 55.3 Å². The molecule has 7 nitrogen and oxygen atoms in total. The Kier molecular flexibility index (Phi) is 6.00. The summed E-state index contributed by atoms with van der Waals surface area (Å²) >= 11 is 0. The zero-order chi connectivity index (χ0) is 21.7. The quantitative estimate of drug-likeness (QED) is 0.563. The van der Waals surface area contributed by atoms with Crippen LogP contribution in [0.1, 0.15) is 67.7 Å². The van der Waals surface area contributed by atoms with Crippen LogP contribution in [-0.4, -0.2) is 47.9 Å². The highest BCUT2D eigenvalue weighted by Gasteiger charge is 2.68. The van der Waals surface area contributed by atoms with Crippen molar-refractivity contribution in [2.45, 2.75) is 91.4 Å². The summed E-state index contributed by atoms with van der Waals surface area (Å²) in [6, 6.07) is -0.812. The molecule has 0 unspecified atom stereocenters. The van der Waals surface area contributed by atoms with Gasteiger partial charge in [-0.2, -0.15) is 0 Å². The number of carbonyl (C=O) groups excluding carboxylic acids is 1. The van der Waals surface area contributed by atoms with E-state index >= 15 is 0 Å². The van der Waals surface area contributed by atoms with E-state index in [0.29, 0.717) is 24.2 Å². The molecule has 1 aliphatic heterocycles. The summed E-state index contributed by atoms with van der Waals surface area (Å²) < 4.78 is 12.9. The highest BCUT2D eigenvalue weighted by Crippen LogP contribution is 2.65. The molecule has 29 heavy (non-hydrogen) atoms. The van der Waals surface area contributed by atoms with Crippen LogP contribution in [0.5, 0.6) is 0 Å². The van der Waals surface area contributed by atoms with Crippen LogP contribution in [0, 0.1) is 29.1 Å². The first-order valence-corrected chi connectivity index (χ1v) is 11.0. The van der Waals surface area contributed by atoms with Crippen LogP contribution in [0.3, 0.4) is 0 Å². The van der Waals surface area contributed by atoms with Gasteiger partial charge in [-0.3, -0.25) is 4.79 Å². The first kappa shape index (κ1) is 22.4. The van der Waals surface area contributed by atoms with Crippen molar-refractivity contribution in [2.24, 2.45) is 29.1 Å². The maximum absolute atomic E-state index is 12.9. The predicted molar refractivity (Wildman–Crippen MR) is 111 cm³/mol. The van der Waals surface area contributed by atoms with Gasteiger partial charge in [-0.25, -0.2) is 4.79 Å². The minimum atomic E-state index is -1.20. The second kappa shape index (κ2) is 7.76. The summed E-state index contributed by atoms with van der Waals surface area (Å²) in [4.78, 5) is 24.0. The first-order chi connectivity index (χ1) is 13.4. The van der Waals surface area contributed by atoms with Crippen molar-refractivity contribution < 1.29 is 24.0 Å². The molecule has 2 amide bonds. The van der Waals surface area contributed by atoms with E-state index in [1.807, 2.05) is 13.8 Å². The number of carboxylic acid groups (broad SMARTS) is 1. The minimum Gasteiger partial charge on any atom is -0.465 e.